The topological polar surface area (TPSA) is 49.3 Å². The van der Waals surface area contributed by atoms with Gasteiger partial charge in [0.1, 0.15) is 16.8 Å². The van der Waals surface area contributed by atoms with E-state index in [1.807, 2.05) is 18.9 Å². The summed E-state index contributed by atoms with van der Waals surface area (Å²) in [6, 6.07) is 0. The van der Waals surface area contributed by atoms with Crippen LogP contribution in [0.4, 0.5) is 5.82 Å². The van der Waals surface area contributed by atoms with Gasteiger partial charge in [-0.25, -0.2) is 9.97 Å². The van der Waals surface area contributed by atoms with Crippen molar-refractivity contribution >= 4 is 23.3 Å². The molecule has 1 aromatic rings. The summed E-state index contributed by atoms with van der Waals surface area (Å²) < 4.78 is 0. The minimum absolute atomic E-state index is 0.109. The fourth-order valence-corrected chi connectivity index (χ4v) is 2.29. The molecule has 5 nitrogen and oxygen atoms in total. The molecule has 0 saturated carbocycles. The molecule has 0 unspecified atom stereocenters. The van der Waals surface area contributed by atoms with E-state index in [4.69, 9.17) is 11.6 Å². The fourth-order valence-electron chi connectivity index (χ4n) is 2.10. The second kappa shape index (κ2) is 5.74. The predicted molar refractivity (Wildman–Crippen MR) is 75.6 cm³/mol. The first-order valence-corrected chi connectivity index (χ1v) is 6.92. The molecular weight excluding hydrogens is 264 g/mol. The van der Waals surface area contributed by atoms with E-state index in [2.05, 4.69) is 16.9 Å². The Balaban J connectivity index is 2.30. The van der Waals surface area contributed by atoms with Gasteiger partial charge in [0, 0.05) is 32.1 Å². The highest BCUT2D eigenvalue weighted by Gasteiger charge is 2.24. The monoisotopic (exact) mass is 282 g/mol. The van der Waals surface area contributed by atoms with Gasteiger partial charge in [0.25, 0.3) is 0 Å². The number of carbonyl (C=O) groups excluding carboxylic acids is 1. The summed E-state index contributed by atoms with van der Waals surface area (Å²) >= 11 is 6.17. The zero-order chi connectivity index (χ0) is 14.0. The molecule has 1 fully saturated rings. The van der Waals surface area contributed by atoms with E-state index in [1.165, 1.54) is 0 Å². The molecular formula is C13H19ClN4O. The van der Waals surface area contributed by atoms with E-state index in [0.29, 0.717) is 18.2 Å². The van der Waals surface area contributed by atoms with E-state index in [0.717, 1.165) is 36.6 Å². The Kier molecular flexibility index (Phi) is 4.24. The van der Waals surface area contributed by atoms with Crippen molar-refractivity contribution in [2.24, 2.45) is 0 Å². The zero-order valence-corrected chi connectivity index (χ0v) is 12.4. The minimum Gasteiger partial charge on any atom is -0.345 e. The number of nitrogens with zero attached hydrogens (tertiary/aromatic N) is 4. The lowest BCUT2D eigenvalue weighted by atomic mass is 10.2. The van der Waals surface area contributed by atoms with Crippen LogP contribution in [-0.2, 0) is 11.2 Å². The van der Waals surface area contributed by atoms with Crippen molar-refractivity contribution in [1.29, 1.82) is 0 Å². The van der Waals surface area contributed by atoms with Crippen molar-refractivity contribution < 1.29 is 4.79 Å². The predicted octanol–water partition coefficient (Wildman–Crippen LogP) is 1.67. The maximum absolute atomic E-state index is 11.8. The summed E-state index contributed by atoms with van der Waals surface area (Å²) in [6.07, 6.45) is 1.77. The van der Waals surface area contributed by atoms with Crippen molar-refractivity contribution in [3.05, 3.63) is 16.5 Å². The molecule has 1 saturated heterocycles. The molecule has 1 amide bonds. The van der Waals surface area contributed by atoms with E-state index < -0.39 is 0 Å². The molecule has 0 atom stereocenters. The van der Waals surface area contributed by atoms with Crippen LogP contribution in [0.2, 0.25) is 5.15 Å². The van der Waals surface area contributed by atoms with Crippen LogP contribution in [0.3, 0.4) is 0 Å². The second-order valence-electron chi connectivity index (χ2n) is 4.87. The standard InChI is InChI=1S/C13H19ClN4O/c1-4-5-10-15-12(14)9(2)13(16-10)18-7-6-17(3)11(19)8-18/h4-8H2,1-3H3. The number of aryl methyl sites for hydroxylation is 1. The van der Waals surface area contributed by atoms with E-state index in [-0.39, 0.29) is 5.91 Å². The SMILES string of the molecule is CCCc1nc(Cl)c(C)c(N2CCN(C)C(=O)C2)n1. The Hall–Kier alpha value is -1.36. The minimum atomic E-state index is 0.109. The highest BCUT2D eigenvalue weighted by molar-refractivity contribution is 6.30. The largest absolute Gasteiger partial charge is 0.345 e. The molecule has 2 heterocycles. The summed E-state index contributed by atoms with van der Waals surface area (Å²) in [5.41, 5.74) is 0.846. The number of carbonyl (C=O) groups is 1. The van der Waals surface area contributed by atoms with Gasteiger partial charge >= 0.3 is 0 Å². The van der Waals surface area contributed by atoms with E-state index in [9.17, 15) is 4.79 Å². The fraction of sp³-hybridized carbons (Fsp3) is 0.615. The Labute approximate surface area is 118 Å². The number of hydrogen-bond acceptors (Lipinski definition) is 4. The molecule has 19 heavy (non-hydrogen) atoms. The van der Waals surface area contributed by atoms with Gasteiger partial charge in [-0.2, -0.15) is 0 Å². The maximum Gasteiger partial charge on any atom is 0.241 e. The molecule has 0 radical (unpaired) electrons. The summed E-state index contributed by atoms with van der Waals surface area (Å²) in [4.78, 5) is 24.4. The number of aromatic nitrogens is 2. The van der Waals surface area contributed by atoms with Crippen LogP contribution in [0, 0.1) is 6.92 Å². The molecule has 104 valence electrons. The van der Waals surface area contributed by atoms with Gasteiger partial charge in [0.15, 0.2) is 0 Å². The molecule has 0 aliphatic carbocycles. The van der Waals surface area contributed by atoms with Crippen molar-refractivity contribution in [2.75, 3.05) is 31.6 Å². The number of anilines is 1. The number of hydrogen-bond donors (Lipinski definition) is 0. The number of amides is 1. The van der Waals surface area contributed by atoms with Crippen molar-refractivity contribution in [3.8, 4) is 0 Å². The molecule has 6 heteroatoms. The van der Waals surface area contributed by atoms with Gasteiger partial charge in [-0.05, 0) is 13.3 Å². The second-order valence-corrected chi connectivity index (χ2v) is 5.22. The molecule has 2 rings (SSSR count). The van der Waals surface area contributed by atoms with Gasteiger partial charge in [-0.15, -0.1) is 0 Å². The number of piperazine rings is 1. The van der Waals surface area contributed by atoms with Gasteiger partial charge in [0.2, 0.25) is 5.91 Å². The Bertz CT molecular complexity index is 492. The molecule has 1 aromatic heterocycles. The molecule has 1 aliphatic rings. The van der Waals surface area contributed by atoms with Gasteiger partial charge < -0.3 is 9.80 Å². The van der Waals surface area contributed by atoms with E-state index >= 15 is 0 Å². The third kappa shape index (κ3) is 2.97. The van der Waals surface area contributed by atoms with Crippen molar-refractivity contribution in [1.82, 2.24) is 14.9 Å². The van der Waals surface area contributed by atoms with Gasteiger partial charge in [-0.1, -0.05) is 18.5 Å². The Morgan fingerprint density at radius 1 is 1.32 bits per heavy atom. The molecule has 0 aromatic carbocycles. The van der Waals surface area contributed by atoms with Crippen LogP contribution < -0.4 is 4.90 Å². The zero-order valence-electron chi connectivity index (χ0n) is 11.6. The lowest BCUT2D eigenvalue weighted by Gasteiger charge is -2.33. The van der Waals surface area contributed by atoms with Gasteiger partial charge in [-0.3, -0.25) is 4.79 Å². The molecule has 1 aliphatic heterocycles. The molecule has 0 N–H and O–H groups in total. The molecule has 0 spiro atoms. The highest BCUT2D eigenvalue weighted by atomic mass is 35.5. The van der Waals surface area contributed by atoms with Gasteiger partial charge in [0.05, 0.1) is 6.54 Å². The smallest absolute Gasteiger partial charge is 0.241 e. The number of halogens is 1. The quantitative estimate of drug-likeness (QED) is 0.792. The first-order valence-electron chi connectivity index (χ1n) is 6.54. The van der Waals surface area contributed by atoms with Crippen LogP contribution in [0.15, 0.2) is 0 Å². The maximum atomic E-state index is 11.8. The highest BCUT2D eigenvalue weighted by Crippen LogP contribution is 2.24. The number of likely N-dealkylation sites (N-methyl/N-ethyl adjacent to an activating group) is 1. The average Bonchev–Trinajstić information content (AvgIpc) is 2.37. The molecule has 0 bridgehead atoms. The van der Waals surface area contributed by atoms with Crippen LogP contribution in [0.25, 0.3) is 0 Å². The van der Waals surface area contributed by atoms with Crippen molar-refractivity contribution in [2.45, 2.75) is 26.7 Å². The first-order chi connectivity index (χ1) is 9.02. The normalized spacial score (nSPS) is 16.1. The third-order valence-electron chi connectivity index (χ3n) is 3.34. The van der Waals surface area contributed by atoms with Crippen LogP contribution in [0.1, 0.15) is 24.7 Å². The summed E-state index contributed by atoms with van der Waals surface area (Å²) in [7, 11) is 1.82. The lowest BCUT2D eigenvalue weighted by molar-refractivity contribution is -0.129. The van der Waals surface area contributed by atoms with Crippen LogP contribution in [-0.4, -0.2) is 47.5 Å². The summed E-state index contributed by atoms with van der Waals surface area (Å²) in [5, 5.41) is 0.486. The van der Waals surface area contributed by atoms with Crippen LogP contribution in [0.5, 0.6) is 0 Å². The van der Waals surface area contributed by atoms with E-state index in [1.54, 1.807) is 4.90 Å². The lowest BCUT2D eigenvalue weighted by Crippen LogP contribution is -2.49. The summed E-state index contributed by atoms with van der Waals surface area (Å²) in [5.74, 6) is 1.65. The van der Waals surface area contributed by atoms with Crippen molar-refractivity contribution in [3.63, 3.8) is 0 Å². The first kappa shape index (κ1) is 14.1. The van der Waals surface area contributed by atoms with Crippen LogP contribution >= 0.6 is 11.6 Å². The third-order valence-corrected chi connectivity index (χ3v) is 3.71. The number of rotatable bonds is 3. The summed E-state index contributed by atoms with van der Waals surface area (Å²) in [6.45, 7) is 5.83. The Morgan fingerprint density at radius 2 is 2.05 bits per heavy atom. The average molecular weight is 283 g/mol. The Morgan fingerprint density at radius 3 is 2.68 bits per heavy atom.